The van der Waals surface area contributed by atoms with Crippen molar-refractivity contribution in [3.63, 3.8) is 0 Å². The lowest BCUT2D eigenvalue weighted by atomic mass is 10.2. The number of methoxy groups -OCH3 is 1. The Balaban J connectivity index is 1.47. The van der Waals surface area contributed by atoms with Gasteiger partial charge in [0.05, 0.1) is 13.3 Å². The molecule has 6 heteroatoms. The van der Waals surface area contributed by atoms with Crippen molar-refractivity contribution < 1.29 is 19.0 Å². The van der Waals surface area contributed by atoms with Gasteiger partial charge < -0.3 is 14.2 Å². The van der Waals surface area contributed by atoms with Gasteiger partial charge >= 0.3 is 0 Å². The maximum atomic E-state index is 12.0. The van der Waals surface area contributed by atoms with Crippen molar-refractivity contribution in [1.82, 2.24) is 5.43 Å². The number of ether oxygens (including phenoxy) is 3. The fraction of sp³-hybridized carbons (Fsp3) is 0.130. The first kappa shape index (κ1) is 19.9. The van der Waals surface area contributed by atoms with Crippen molar-refractivity contribution in [3.8, 4) is 17.2 Å². The summed E-state index contributed by atoms with van der Waals surface area (Å²) < 4.78 is 16.7. The Bertz CT molecular complexity index is 958. The van der Waals surface area contributed by atoms with Gasteiger partial charge in [-0.1, -0.05) is 42.5 Å². The van der Waals surface area contributed by atoms with Gasteiger partial charge in [-0.05, 0) is 42.0 Å². The molecule has 0 aliphatic carbocycles. The monoisotopic (exact) mass is 390 g/mol. The number of nitrogens with zero attached hydrogens (tertiary/aromatic N) is 1. The predicted molar refractivity (Wildman–Crippen MR) is 112 cm³/mol. The summed E-state index contributed by atoms with van der Waals surface area (Å²) in [5, 5.41) is 4.00. The van der Waals surface area contributed by atoms with Crippen LogP contribution in [0.4, 0.5) is 0 Å². The first-order valence-corrected chi connectivity index (χ1v) is 9.13. The predicted octanol–water partition coefficient (Wildman–Crippen LogP) is 3.92. The topological polar surface area (TPSA) is 69.2 Å². The maximum absolute atomic E-state index is 12.0. The average molecular weight is 390 g/mol. The van der Waals surface area contributed by atoms with E-state index in [1.165, 1.54) is 0 Å². The van der Waals surface area contributed by atoms with Gasteiger partial charge in [-0.3, -0.25) is 4.79 Å². The van der Waals surface area contributed by atoms with E-state index in [0.717, 1.165) is 5.56 Å². The number of amides is 1. The van der Waals surface area contributed by atoms with E-state index in [1.54, 1.807) is 37.6 Å². The van der Waals surface area contributed by atoms with Gasteiger partial charge in [0.1, 0.15) is 19.0 Å². The molecule has 0 aliphatic heterocycles. The van der Waals surface area contributed by atoms with Crippen molar-refractivity contribution in [2.24, 2.45) is 5.10 Å². The van der Waals surface area contributed by atoms with Crippen LogP contribution in [0.1, 0.15) is 15.9 Å². The number of carbonyl (C=O) groups is 1. The van der Waals surface area contributed by atoms with E-state index in [9.17, 15) is 4.79 Å². The van der Waals surface area contributed by atoms with Gasteiger partial charge in [0, 0.05) is 5.56 Å². The molecule has 0 heterocycles. The molecule has 3 aromatic rings. The van der Waals surface area contributed by atoms with Gasteiger partial charge in [-0.15, -0.1) is 0 Å². The Hall–Kier alpha value is -3.80. The summed E-state index contributed by atoms with van der Waals surface area (Å²) in [6.45, 7) is 0.759. The van der Waals surface area contributed by atoms with E-state index >= 15 is 0 Å². The van der Waals surface area contributed by atoms with Crippen molar-refractivity contribution in [1.29, 1.82) is 0 Å². The largest absolute Gasteiger partial charge is 0.493 e. The SMILES string of the molecule is COc1ccccc1OCCOc1cccc(C=NNC(=O)c2ccccc2)c1. The normalized spacial score (nSPS) is 10.5. The van der Waals surface area contributed by atoms with Crippen LogP contribution in [-0.4, -0.2) is 32.4 Å². The summed E-state index contributed by atoms with van der Waals surface area (Å²) in [6.07, 6.45) is 1.57. The first-order chi connectivity index (χ1) is 14.3. The summed E-state index contributed by atoms with van der Waals surface area (Å²) in [5.41, 5.74) is 3.87. The Morgan fingerprint density at radius 1 is 0.897 bits per heavy atom. The molecule has 0 radical (unpaired) electrons. The fourth-order valence-corrected chi connectivity index (χ4v) is 2.55. The van der Waals surface area contributed by atoms with E-state index in [2.05, 4.69) is 10.5 Å². The number of rotatable bonds is 9. The van der Waals surface area contributed by atoms with E-state index in [-0.39, 0.29) is 5.91 Å². The van der Waals surface area contributed by atoms with Crippen LogP contribution in [0.3, 0.4) is 0 Å². The summed E-state index contributed by atoms with van der Waals surface area (Å²) in [5.74, 6) is 1.78. The number of para-hydroxylation sites is 2. The molecule has 0 spiro atoms. The molecule has 3 rings (SSSR count). The lowest BCUT2D eigenvalue weighted by Gasteiger charge is -2.11. The summed E-state index contributed by atoms with van der Waals surface area (Å²) in [4.78, 5) is 12.0. The van der Waals surface area contributed by atoms with Crippen LogP contribution < -0.4 is 19.6 Å². The highest BCUT2D eigenvalue weighted by Crippen LogP contribution is 2.25. The number of nitrogens with one attached hydrogen (secondary N) is 1. The Kier molecular flexibility index (Phi) is 7.23. The van der Waals surface area contributed by atoms with E-state index in [4.69, 9.17) is 14.2 Å². The molecule has 0 bridgehead atoms. The van der Waals surface area contributed by atoms with E-state index < -0.39 is 0 Å². The van der Waals surface area contributed by atoms with Gasteiger partial charge in [-0.25, -0.2) is 5.43 Å². The quantitative estimate of drug-likeness (QED) is 0.342. The molecule has 6 nitrogen and oxygen atoms in total. The third-order valence-electron chi connectivity index (χ3n) is 3.95. The Labute approximate surface area is 169 Å². The molecule has 0 aromatic heterocycles. The first-order valence-electron chi connectivity index (χ1n) is 9.13. The van der Waals surface area contributed by atoms with E-state index in [1.807, 2.05) is 54.6 Å². The van der Waals surface area contributed by atoms with Crippen LogP contribution in [0.15, 0.2) is 84.0 Å². The maximum Gasteiger partial charge on any atom is 0.271 e. The Morgan fingerprint density at radius 2 is 1.62 bits per heavy atom. The molecular weight excluding hydrogens is 368 g/mol. The molecule has 0 unspecified atom stereocenters. The lowest BCUT2D eigenvalue weighted by Crippen LogP contribution is -2.17. The minimum absolute atomic E-state index is 0.261. The zero-order valence-corrected chi connectivity index (χ0v) is 16.1. The molecule has 0 saturated heterocycles. The van der Waals surface area contributed by atoms with Gasteiger partial charge in [0.2, 0.25) is 0 Å². The molecule has 0 fully saturated rings. The summed E-state index contributed by atoms with van der Waals surface area (Å²) in [6, 6.07) is 23.8. The Morgan fingerprint density at radius 3 is 2.41 bits per heavy atom. The van der Waals surface area contributed by atoms with Gasteiger partial charge in [0.15, 0.2) is 11.5 Å². The average Bonchev–Trinajstić information content (AvgIpc) is 2.78. The third kappa shape index (κ3) is 6.10. The van der Waals surface area contributed by atoms with Crippen molar-refractivity contribution >= 4 is 12.1 Å². The van der Waals surface area contributed by atoms with Crippen molar-refractivity contribution in [2.75, 3.05) is 20.3 Å². The molecule has 1 N–H and O–H groups in total. The summed E-state index contributed by atoms with van der Waals surface area (Å²) >= 11 is 0. The van der Waals surface area contributed by atoms with Crippen molar-refractivity contribution in [2.45, 2.75) is 0 Å². The molecular formula is C23H22N2O4. The van der Waals surface area contributed by atoms with Crippen LogP contribution >= 0.6 is 0 Å². The van der Waals surface area contributed by atoms with Crippen LogP contribution in [0.25, 0.3) is 0 Å². The lowest BCUT2D eigenvalue weighted by molar-refractivity contribution is 0.0955. The minimum Gasteiger partial charge on any atom is -0.493 e. The molecule has 29 heavy (non-hydrogen) atoms. The van der Waals surface area contributed by atoms with Gasteiger partial charge in [0.25, 0.3) is 5.91 Å². The van der Waals surface area contributed by atoms with Crippen LogP contribution in [0.5, 0.6) is 17.2 Å². The number of benzene rings is 3. The highest BCUT2D eigenvalue weighted by atomic mass is 16.5. The number of carbonyl (C=O) groups excluding carboxylic acids is 1. The molecule has 0 saturated carbocycles. The second-order valence-electron chi connectivity index (χ2n) is 5.99. The minimum atomic E-state index is -0.261. The van der Waals surface area contributed by atoms with Crippen molar-refractivity contribution in [3.05, 3.63) is 90.0 Å². The molecule has 148 valence electrons. The third-order valence-corrected chi connectivity index (χ3v) is 3.95. The summed E-state index contributed by atoms with van der Waals surface area (Å²) in [7, 11) is 1.61. The van der Waals surface area contributed by atoms with Crippen LogP contribution in [-0.2, 0) is 0 Å². The highest BCUT2D eigenvalue weighted by Gasteiger charge is 2.03. The second-order valence-corrected chi connectivity index (χ2v) is 5.99. The number of hydrazone groups is 1. The molecule has 1 amide bonds. The zero-order chi connectivity index (χ0) is 20.3. The van der Waals surface area contributed by atoms with Gasteiger partial charge in [-0.2, -0.15) is 5.10 Å². The standard InChI is InChI=1S/C23H22N2O4/c1-27-21-12-5-6-13-22(21)29-15-14-28-20-11-7-8-18(16-20)17-24-25-23(26)19-9-3-2-4-10-19/h2-13,16-17H,14-15H2,1H3,(H,25,26). The van der Waals surface area contributed by atoms with Crippen LogP contribution in [0.2, 0.25) is 0 Å². The molecule has 3 aromatic carbocycles. The fourth-order valence-electron chi connectivity index (χ4n) is 2.55. The smallest absolute Gasteiger partial charge is 0.271 e. The number of hydrogen-bond donors (Lipinski definition) is 1. The zero-order valence-electron chi connectivity index (χ0n) is 16.1. The van der Waals surface area contributed by atoms with Crippen LogP contribution in [0, 0.1) is 0 Å². The highest BCUT2D eigenvalue weighted by molar-refractivity contribution is 5.94. The second kappa shape index (κ2) is 10.5. The number of hydrogen-bond acceptors (Lipinski definition) is 5. The molecule has 0 aliphatic rings. The van der Waals surface area contributed by atoms with E-state index in [0.29, 0.717) is 36.0 Å². The molecule has 0 atom stereocenters.